The number of amides is 1. The molecule has 2 atom stereocenters. The molecule has 2 unspecified atom stereocenters. The summed E-state index contributed by atoms with van der Waals surface area (Å²) >= 11 is 0. The molecule has 9 heteroatoms. The highest BCUT2D eigenvalue weighted by Crippen LogP contribution is 2.32. The first-order chi connectivity index (χ1) is 14.6. The third kappa shape index (κ3) is 4.51. The monoisotopic (exact) mass is 434 g/mol. The van der Waals surface area contributed by atoms with Crippen molar-refractivity contribution in [1.82, 2.24) is 14.9 Å². The van der Waals surface area contributed by atoms with Gasteiger partial charge in [-0.15, -0.1) is 0 Å². The van der Waals surface area contributed by atoms with Gasteiger partial charge in [-0.2, -0.15) is 13.2 Å². The highest BCUT2D eigenvalue weighted by molar-refractivity contribution is 5.94. The van der Waals surface area contributed by atoms with Crippen LogP contribution in [0.3, 0.4) is 0 Å². The largest absolute Gasteiger partial charge is 0.416 e. The molecule has 166 valence electrons. The maximum absolute atomic E-state index is 13.1. The van der Waals surface area contributed by atoms with Crippen LogP contribution in [0.4, 0.5) is 19.0 Å². The Kier molecular flexibility index (Phi) is 5.63. The van der Waals surface area contributed by atoms with Gasteiger partial charge in [0.1, 0.15) is 11.6 Å². The zero-order valence-electron chi connectivity index (χ0n) is 17.7. The summed E-state index contributed by atoms with van der Waals surface area (Å²) < 4.78 is 45.0. The maximum atomic E-state index is 13.1. The van der Waals surface area contributed by atoms with E-state index in [2.05, 4.69) is 14.9 Å². The predicted octanol–water partition coefficient (Wildman–Crippen LogP) is 3.62. The lowest BCUT2D eigenvalue weighted by Crippen LogP contribution is -2.47. The summed E-state index contributed by atoms with van der Waals surface area (Å²) in [4.78, 5) is 26.0. The SMILES string of the molecule is Cc1nc2c(c(N3CC(C)OC(C)C3)n1)CN(C(=O)c1cccc(C(F)(F)F)c1)CC2. The predicted molar refractivity (Wildman–Crippen MR) is 109 cm³/mol. The molecule has 2 aromatic rings. The summed E-state index contributed by atoms with van der Waals surface area (Å²) in [6, 6.07) is 4.57. The van der Waals surface area contributed by atoms with E-state index in [0.717, 1.165) is 29.2 Å². The molecule has 3 heterocycles. The molecule has 0 radical (unpaired) electrons. The van der Waals surface area contributed by atoms with Gasteiger partial charge >= 0.3 is 6.18 Å². The van der Waals surface area contributed by atoms with Gasteiger partial charge in [0.15, 0.2) is 0 Å². The number of morpholine rings is 1. The highest BCUT2D eigenvalue weighted by Gasteiger charge is 2.33. The molecule has 6 nitrogen and oxygen atoms in total. The Morgan fingerprint density at radius 1 is 1.16 bits per heavy atom. The van der Waals surface area contributed by atoms with Gasteiger partial charge in [-0.25, -0.2) is 9.97 Å². The van der Waals surface area contributed by atoms with Crippen LogP contribution in [-0.4, -0.2) is 52.6 Å². The van der Waals surface area contributed by atoms with E-state index in [4.69, 9.17) is 4.74 Å². The molecule has 1 amide bonds. The van der Waals surface area contributed by atoms with Crippen molar-refractivity contribution in [2.45, 2.75) is 52.1 Å². The zero-order valence-corrected chi connectivity index (χ0v) is 17.7. The Hall–Kier alpha value is -2.68. The molecule has 0 saturated carbocycles. The fourth-order valence-electron chi connectivity index (χ4n) is 4.31. The summed E-state index contributed by atoms with van der Waals surface area (Å²) in [6.45, 7) is 7.87. The number of rotatable bonds is 2. The van der Waals surface area contributed by atoms with Crippen LogP contribution in [0.15, 0.2) is 24.3 Å². The minimum absolute atomic E-state index is 0.0291. The average Bonchev–Trinajstić information content (AvgIpc) is 2.71. The Morgan fingerprint density at radius 2 is 1.87 bits per heavy atom. The van der Waals surface area contributed by atoms with Crippen molar-refractivity contribution >= 4 is 11.7 Å². The summed E-state index contributed by atoms with van der Waals surface area (Å²) in [5, 5.41) is 0. The Labute approximate surface area is 179 Å². The lowest BCUT2D eigenvalue weighted by atomic mass is 10.0. The van der Waals surface area contributed by atoms with E-state index in [-0.39, 0.29) is 24.3 Å². The molecule has 0 N–H and O–H groups in total. The molecule has 1 saturated heterocycles. The molecule has 0 aliphatic carbocycles. The van der Waals surface area contributed by atoms with Crippen molar-refractivity contribution in [3.05, 3.63) is 52.5 Å². The van der Waals surface area contributed by atoms with Crippen molar-refractivity contribution in [1.29, 1.82) is 0 Å². The van der Waals surface area contributed by atoms with Crippen LogP contribution in [0.2, 0.25) is 0 Å². The van der Waals surface area contributed by atoms with E-state index in [1.54, 1.807) is 4.90 Å². The third-order valence-corrected chi connectivity index (χ3v) is 5.59. The molecule has 0 bridgehead atoms. The van der Waals surface area contributed by atoms with E-state index in [9.17, 15) is 18.0 Å². The molecule has 4 rings (SSSR count). The van der Waals surface area contributed by atoms with Crippen LogP contribution in [0, 0.1) is 6.92 Å². The lowest BCUT2D eigenvalue weighted by molar-refractivity contribution is -0.137. The maximum Gasteiger partial charge on any atom is 0.416 e. The Balaban J connectivity index is 1.63. The minimum atomic E-state index is -4.49. The molecule has 1 fully saturated rings. The summed E-state index contributed by atoms with van der Waals surface area (Å²) in [5.41, 5.74) is 0.953. The Bertz CT molecular complexity index is 985. The molecule has 1 aromatic carbocycles. The lowest BCUT2D eigenvalue weighted by Gasteiger charge is -2.38. The number of hydrogen-bond acceptors (Lipinski definition) is 5. The smallest absolute Gasteiger partial charge is 0.372 e. The average molecular weight is 434 g/mol. The van der Waals surface area contributed by atoms with E-state index < -0.39 is 17.6 Å². The van der Waals surface area contributed by atoms with Crippen LogP contribution in [0.1, 0.15) is 46.9 Å². The number of benzene rings is 1. The molecular formula is C22H25F3N4O2. The quantitative estimate of drug-likeness (QED) is 0.723. The summed E-state index contributed by atoms with van der Waals surface area (Å²) in [7, 11) is 0. The van der Waals surface area contributed by atoms with Gasteiger partial charge in [0.2, 0.25) is 0 Å². The van der Waals surface area contributed by atoms with Crippen molar-refractivity contribution < 1.29 is 22.7 Å². The van der Waals surface area contributed by atoms with Gasteiger partial charge in [-0.05, 0) is 39.0 Å². The first-order valence-corrected chi connectivity index (χ1v) is 10.3. The van der Waals surface area contributed by atoms with Gasteiger partial charge in [0.25, 0.3) is 5.91 Å². The number of carbonyl (C=O) groups excluding carboxylic acids is 1. The number of hydrogen-bond donors (Lipinski definition) is 0. The fraction of sp³-hybridized carbons (Fsp3) is 0.500. The number of fused-ring (bicyclic) bond motifs is 1. The van der Waals surface area contributed by atoms with Crippen molar-refractivity contribution in [2.75, 3.05) is 24.5 Å². The third-order valence-electron chi connectivity index (χ3n) is 5.59. The number of aryl methyl sites for hydroxylation is 1. The molecule has 2 aliphatic rings. The summed E-state index contributed by atoms with van der Waals surface area (Å²) in [5.74, 6) is 1.02. The second kappa shape index (κ2) is 8.11. The van der Waals surface area contributed by atoms with Gasteiger partial charge in [0, 0.05) is 37.2 Å². The van der Waals surface area contributed by atoms with Gasteiger partial charge in [-0.3, -0.25) is 4.79 Å². The Morgan fingerprint density at radius 3 is 2.55 bits per heavy atom. The topological polar surface area (TPSA) is 58.6 Å². The number of carbonyl (C=O) groups is 1. The molecule has 31 heavy (non-hydrogen) atoms. The van der Waals surface area contributed by atoms with Gasteiger partial charge in [0.05, 0.1) is 30.0 Å². The summed E-state index contributed by atoms with van der Waals surface area (Å²) in [6.07, 6.45) is -3.87. The standard InChI is InChI=1S/C22H25F3N4O2/c1-13-10-29(11-14(2)31-13)20-18-12-28(8-7-19(18)26-15(3)27-20)21(30)16-5-4-6-17(9-16)22(23,24)25/h4-6,9,13-14H,7-8,10-12H2,1-3H3. The van der Waals surface area contributed by atoms with E-state index in [1.165, 1.54) is 12.1 Å². The fourth-order valence-corrected chi connectivity index (χ4v) is 4.31. The second-order valence-corrected chi connectivity index (χ2v) is 8.24. The second-order valence-electron chi connectivity index (χ2n) is 8.24. The van der Waals surface area contributed by atoms with Gasteiger partial charge in [-0.1, -0.05) is 6.07 Å². The minimum Gasteiger partial charge on any atom is -0.372 e. The molecule has 0 spiro atoms. The number of aromatic nitrogens is 2. The van der Waals surface area contributed by atoms with Crippen LogP contribution in [-0.2, 0) is 23.9 Å². The van der Waals surface area contributed by atoms with Crippen LogP contribution < -0.4 is 4.90 Å². The van der Waals surface area contributed by atoms with Gasteiger partial charge < -0.3 is 14.5 Å². The van der Waals surface area contributed by atoms with E-state index >= 15 is 0 Å². The van der Waals surface area contributed by atoms with E-state index in [1.807, 2.05) is 20.8 Å². The zero-order chi connectivity index (χ0) is 22.3. The first kappa shape index (κ1) is 21.5. The highest BCUT2D eigenvalue weighted by atomic mass is 19.4. The normalized spacial score (nSPS) is 21.7. The number of halogens is 3. The molecule has 1 aromatic heterocycles. The number of anilines is 1. The number of alkyl halides is 3. The molecule has 2 aliphatic heterocycles. The van der Waals surface area contributed by atoms with Crippen LogP contribution in [0.5, 0.6) is 0 Å². The number of nitrogens with zero attached hydrogens (tertiary/aromatic N) is 4. The van der Waals surface area contributed by atoms with Crippen molar-refractivity contribution in [3.8, 4) is 0 Å². The van der Waals surface area contributed by atoms with Crippen LogP contribution in [0.25, 0.3) is 0 Å². The van der Waals surface area contributed by atoms with E-state index in [0.29, 0.717) is 31.9 Å². The molecular weight excluding hydrogens is 409 g/mol. The van der Waals surface area contributed by atoms with Crippen molar-refractivity contribution in [2.24, 2.45) is 0 Å². The number of ether oxygens (including phenoxy) is 1. The van der Waals surface area contributed by atoms with Crippen molar-refractivity contribution in [3.63, 3.8) is 0 Å². The van der Waals surface area contributed by atoms with Crippen LogP contribution >= 0.6 is 0 Å². The first-order valence-electron chi connectivity index (χ1n) is 10.3.